The topological polar surface area (TPSA) is 49.3 Å². The zero-order valence-corrected chi connectivity index (χ0v) is 7.85. The van der Waals surface area contributed by atoms with Crippen molar-refractivity contribution in [3.05, 3.63) is 0 Å². The monoisotopic (exact) mass is 161 g/mol. The summed E-state index contributed by atoms with van der Waals surface area (Å²) in [5, 5.41) is 11.3. The van der Waals surface area contributed by atoms with Crippen LogP contribution in [0.5, 0.6) is 0 Å². The van der Waals surface area contributed by atoms with Gasteiger partial charge in [0.05, 0.1) is 5.60 Å². The highest BCUT2D eigenvalue weighted by molar-refractivity contribution is 5.45. The molecule has 0 spiro atoms. The second kappa shape index (κ2) is 7.54. The fourth-order valence-electron chi connectivity index (χ4n) is 0.291. The van der Waals surface area contributed by atoms with Gasteiger partial charge in [-0.2, -0.15) is 0 Å². The number of aliphatic hydroxyl groups is 1. The minimum absolute atomic E-state index is 0.302. The minimum Gasteiger partial charge on any atom is -0.389 e. The third-order valence-corrected chi connectivity index (χ3v) is 0.618. The zero-order chi connectivity index (χ0) is 9.33. The Labute approximate surface area is 68.8 Å². The summed E-state index contributed by atoms with van der Waals surface area (Å²) in [5.41, 5.74) is -0.791. The molecule has 68 valence electrons. The van der Waals surface area contributed by atoms with Crippen molar-refractivity contribution in [3.63, 3.8) is 0 Å². The summed E-state index contributed by atoms with van der Waals surface area (Å²) in [6.07, 6.45) is 1.82. The average Bonchev–Trinajstić information content (AvgIpc) is 1.84. The molecular weight excluding hydrogens is 142 g/mol. The molecule has 3 nitrogen and oxygen atoms in total. The molecule has 0 aliphatic rings. The number of carbonyl (C=O) groups is 1. The number of hydrogen-bond acceptors (Lipinski definition) is 2. The second-order valence-electron chi connectivity index (χ2n) is 3.02. The van der Waals surface area contributed by atoms with Crippen molar-refractivity contribution >= 4 is 6.41 Å². The number of rotatable bonds is 3. The molecule has 1 amide bonds. The van der Waals surface area contributed by atoms with Gasteiger partial charge in [-0.25, -0.2) is 0 Å². The Kier molecular flexibility index (Phi) is 8.94. The summed E-state index contributed by atoms with van der Waals surface area (Å²) < 4.78 is 0. The van der Waals surface area contributed by atoms with Crippen LogP contribution in [0, 0.1) is 0 Å². The lowest BCUT2D eigenvalue weighted by Gasteiger charge is -2.14. The van der Waals surface area contributed by atoms with E-state index in [4.69, 9.17) is 5.11 Å². The summed E-state index contributed by atoms with van der Waals surface area (Å²) in [6, 6.07) is 0. The molecule has 0 aliphatic heterocycles. The first-order valence-corrected chi connectivity index (χ1v) is 3.87. The Morgan fingerprint density at radius 1 is 1.45 bits per heavy atom. The Bertz CT molecular complexity index is 86.6. The van der Waals surface area contributed by atoms with Crippen molar-refractivity contribution in [3.8, 4) is 0 Å². The standard InChI is InChI=1S/C5H11NO2.C3H8/c1-5(2,8)3-6-4-7;1-3-2/h4,8H,3H2,1-2H3,(H,6,7);3H2,1-2H3. The lowest BCUT2D eigenvalue weighted by molar-refractivity contribution is -0.110. The Balaban J connectivity index is 0. The second-order valence-corrected chi connectivity index (χ2v) is 3.02. The van der Waals surface area contributed by atoms with E-state index in [2.05, 4.69) is 19.2 Å². The van der Waals surface area contributed by atoms with Crippen LogP contribution in [-0.2, 0) is 4.79 Å². The zero-order valence-electron chi connectivity index (χ0n) is 7.85. The molecule has 0 rings (SSSR count). The van der Waals surface area contributed by atoms with Crippen LogP contribution in [0.2, 0.25) is 0 Å². The predicted octanol–water partition coefficient (Wildman–Crippen LogP) is 0.920. The highest BCUT2D eigenvalue weighted by Crippen LogP contribution is 1.95. The van der Waals surface area contributed by atoms with Crippen molar-refractivity contribution in [2.75, 3.05) is 6.54 Å². The molecule has 0 aromatic rings. The highest BCUT2D eigenvalue weighted by Gasteiger charge is 2.09. The number of nitrogens with one attached hydrogen (secondary N) is 1. The van der Waals surface area contributed by atoms with E-state index in [9.17, 15) is 4.79 Å². The van der Waals surface area contributed by atoms with E-state index in [1.165, 1.54) is 6.42 Å². The van der Waals surface area contributed by atoms with E-state index >= 15 is 0 Å². The maximum atomic E-state index is 9.63. The smallest absolute Gasteiger partial charge is 0.207 e. The van der Waals surface area contributed by atoms with Crippen molar-refractivity contribution in [2.24, 2.45) is 0 Å². The molecule has 0 bridgehead atoms. The Hall–Kier alpha value is -0.570. The summed E-state index contributed by atoms with van der Waals surface area (Å²) >= 11 is 0. The molecule has 0 aromatic heterocycles. The van der Waals surface area contributed by atoms with E-state index in [1.807, 2.05) is 0 Å². The highest BCUT2D eigenvalue weighted by atomic mass is 16.3. The molecule has 0 radical (unpaired) electrons. The van der Waals surface area contributed by atoms with Crippen LogP contribution in [0.25, 0.3) is 0 Å². The maximum Gasteiger partial charge on any atom is 0.207 e. The van der Waals surface area contributed by atoms with Crippen molar-refractivity contribution in [1.82, 2.24) is 5.32 Å². The van der Waals surface area contributed by atoms with Gasteiger partial charge < -0.3 is 10.4 Å². The number of amides is 1. The van der Waals surface area contributed by atoms with Crippen LogP contribution in [0.4, 0.5) is 0 Å². The van der Waals surface area contributed by atoms with Crippen LogP contribution in [0.3, 0.4) is 0 Å². The maximum absolute atomic E-state index is 9.63. The molecule has 3 heteroatoms. The predicted molar refractivity (Wildman–Crippen MR) is 46.3 cm³/mol. The van der Waals surface area contributed by atoms with Crippen LogP contribution in [0.15, 0.2) is 0 Å². The molecular formula is C8H19NO2. The molecule has 11 heavy (non-hydrogen) atoms. The average molecular weight is 161 g/mol. The minimum atomic E-state index is -0.791. The molecule has 0 saturated carbocycles. The van der Waals surface area contributed by atoms with Gasteiger partial charge in [0.1, 0.15) is 0 Å². The fraction of sp³-hybridized carbons (Fsp3) is 0.875. The van der Waals surface area contributed by atoms with Crippen LogP contribution in [-0.4, -0.2) is 23.7 Å². The molecule has 0 aromatic carbocycles. The third-order valence-electron chi connectivity index (χ3n) is 0.618. The van der Waals surface area contributed by atoms with Gasteiger partial charge in [0.2, 0.25) is 6.41 Å². The van der Waals surface area contributed by atoms with E-state index in [-0.39, 0.29) is 0 Å². The van der Waals surface area contributed by atoms with Gasteiger partial charge in [-0.15, -0.1) is 0 Å². The van der Waals surface area contributed by atoms with Crippen molar-refractivity contribution in [2.45, 2.75) is 39.7 Å². The van der Waals surface area contributed by atoms with Crippen LogP contribution >= 0.6 is 0 Å². The normalized spacial score (nSPS) is 9.55. The Morgan fingerprint density at radius 2 is 1.82 bits per heavy atom. The molecule has 0 aliphatic carbocycles. The summed E-state index contributed by atoms with van der Waals surface area (Å²) in [6.45, 7) is 7.81. The largest absolute Gasteiger partial charge is 0.389 e. The fourth-order valence-corrected chi connectivity index (χ4v) is 0.291. The van der Waals surface area contributed by atoms with E-state index in [0.29, 0.717) is 13.0 Å². The van der Waals surface area contributed by atoms with Crippen LogP contribution in [0.1, 0.15) is 34.1 Å². The van der Waals surface area contributed by atoms with E-state index < -0.39 is 5.60 Å². The summed E-state index contributed by atoms with van der Waals surface area (Å²) in [4.78, 5) is 9.63. The molecule has 2 N–H and O–H groups in total. The van der Waals surface area contributed by atoms with Crippen LogP contribution < -0.4 is 5.32 Å². The van der Waals surface area contributed by atoms with Gasteiger partial charge in [-0.05, 0) is 13.8 Å². The first kappa shape index (κ1) is 13.1. The molecule has 0 heterocycles. The molecule has 0 saturated heterocycles. The molecule has 0 unspecified atom stereocenters. The van der Waals surface area contributed by atoms with Crippen molar-refractivity contribution < 1.29 is 9.90 Å². The van der Waals surface area contributed by atoms with Gasteiger partial charge in [0.15, 0.2) is 0 Å². The van der Waals surface area contributed by atoms with E-state index in [1.54, 1.807) is 13.8 Å². The first-order chi connectivity index (χ1) is 4.97. The van der Waals surface area contributed by atoms with Gasteiger partial charge in [-0.3, -0.25) is 4.79 Å². The number of hydrogen-bond donors (Lipinski definition) is 2. The quantitative estimate of drug-likeness (QED) is 0.605. The van der Waals surface area contributed by atoms with Gasteiger partial charge in [0, 0.05) is 6.54 Å². The lowest BCUT2D eigenvalue weighted by Crippen LogP contribution is -2.33. The molecule has 0 fully saturated rings. The van der Waals surface area contributed by atoms with Crippen molar-refractivity contribution in [1.29, 1.82) is 0 Å². The SMILES string of the molecule is CC(C)(O)CNC=O.CCC. The van der Waals surface area contributed by atoms with E-state index in [0.717, 1.165) is 0 Å². The summed E-state index contributed by atoms with van der Waals surface area (Å²) in [7, 11) is 0. The lowest BCUT2D eigenvalue weighted by atomic mass is 10.1. The third kappa shape index (κ3) is 26.5. The first-order valence-electron chi connectivity index (χ1n) is 3.87. The molecule has 0 atom stereocenters. The van der Waals surface area contributed by atoms with Gasteiger partial charge >= 0.3 is 0 Å². The van der Waals surface area contributed by atoms with Gasteiger partial charge in [0.25, 0.3) is 0 Å². The number of carbonyl (C=O) groups excluding carboxylic acids is 1. The summed E-state index contributed by atoms with van der Waals surface area (Å²) in [5.74, 6) is 0. The van der Waals surface area contributed by atoms with Gasteiger partial charge in [-0.1, -0.05) is 20.3 Å². The Morgan fingerprint density at radius 3 is 1.91 bits per heavy atom.